The van der Waals surface area contributed by atoms with E-state index in [1.54, 1.807) is 0 Å². The van der Waals surface area contributed by atoms with Gasteiger partial charge in [0.1, 0.15) is 0 Å². The standard InChI is InChI=1S/C16H19BrN2O/c1-2-16(9-5-6-10-16)14-13(15(18)19-20-14)11-7-3-4-8-12(11)17/h3-4,7-8H,2,5-6,9-10H2,1H3,(H2,18,19). The predicted molar refractivity (Wildman–Crippen MR) is 84.5 cm³/mol. The van der Waals surface area contributed by atoms with E-state index in [9.17, 15) is 0 Å². The normalized spacial score (nSPS) is 17.5. The van der Waals surface area contributed by atoms with Crippen LogP contribution in [0.1, 0.15) is 44.8 Å². The molecule has 106 valence electrons. The summed E-state index contributed by atoms with van der Waals surface area (Å²) in [4.78, 5) is 0. The Bertz CT molecular complexity index is 615. The summed E-state index contributed by atoms with van der Waals surface area (Å²) in [6, 6.07) is 8.11. The van der Waals surface area contributed by atoms with Crippen molar-refractivity contribution in [2.75, 3.05) is 5.73 Å². The number of nitrogen functional groups attached to an aromatic ring is 1. The van der Waals surface area contributed by atoms with Crippen molar-refractivity contribution in [2.24, 2.45) is 0 Å². The lowest BCUT2D eigenvalue weighted by molar-refractivity contribution is 0.284. The Morgan fingerprint density at radius 3 is 2.65 bits per heavy atom. The Morgan fingerprint density at radius 1 is 1.30 bits per heavy atom. The highest BCUT2D eigenvalue weighted by Gasteiger charge is 2.40. The molecule has 0 atom stereocenters. The lowest BCUT2D eigenvalue weighted by Gasteiger charge is -2.25. The fourth-order valence-electron chi connectivity index (χ4n) is 3.38. The third-order valence-electron chi connectivity index (χ3n) is 4.58. The van der Waals surface area contributed by atoms with E-state index in [4.69, 9.17) is 10.3 Å². The summed E-state index contributed by atoms with van der Waals surface area (Å²) >= 11 is 3.61. The van der Waals surface area contributed by atoms with Crippen molar-refractivity contribution in [3.8, 4) is 11.1 Å². The Morgan fingerprint density at radius 2 is 2.00 bits per heavy atom. The third-order valence-corrected chi connectivity index (χ3v) is 5.27. The second-order valence-electron chi connectivity index (χ2n) is 5.59. The first-order chi connectivity index (χ1) is 9.68. The number of hydrogen-bond donors (Lipinski definition) is 1. The summed E-state index contributed by atoms with van der Waals surface area (Å²) < 4.78 is 6.72. The highest BCUT2D eigenvalue weighted by atomic mass is 79.9. The van der Waals surface area contributed by atoms with E-state index in [2.05, 4.69) is 34.1 Å². The second-order valence-corrected chi connectivity index (χ2v) is 6.45. The number of aromatic nitrogens is 1. The molecule has 1 heterocycles. The first-order valence-corrected chi connectivity index (χ1v) is 7.98. The lowest BCUT2D eigenvalue weighted by Crippen LogP contribution is -2.21. The van der Waals surface area contributed by atoms with Crippen molar-refractivity contribution in [3.05, 3.63) is 34.5 Å². The van der Waals surface area contributed by atoms with Crippen LogP contribution >= 0.6 is 15.9 Å². The molecule has 1 fully saturated rings. The molecule has 2 N–H and O–H groups in total. The highest BCUT2D eigenvalue weighted by molar-refractivity contribution is 9.10. The largest absolute Gasteiger partial charge is 0.380 e. The molecule has 1 aromatic carbocycles. The molecular weight excluding hydrogens is 316 g/mol. The van der Waals surface area contributed by atoms with Crippen molar-refractivity contribution < 1.29 is 4.52 Å². The molecule has 0 radical (unpaired) electrons. The smallest absolute Gasteiger partial charge is 0.175 e. The van der Waals surface area contributed by atoms with Gasteiger partial charge in [0.05, 0.1) is 5.56 Å². The van der Waals surface area contributed by atoms with Crippen LogP contribution < -0.4 is 5.73 Å². The molecule has 0 amide bonds. The van der Waals surface area contributed by atoms with Gasteiger partial charge in [-0.3, -0.25) is 0 Å². The van der Waals surface area contributed by atoms with Gasteiger partial charge in [-0.1, -0.05) is 59.1 Å². The van der Waals surface area contributed by atoms with Crippen LogP contribution in [0, 0.1) is 0 Å². The van der Waals surface area contributed by atoms with Crippen LogP contribution in [0.5, 0.6) is 0 Å². The number of hydrogen-bond acceptors (Lipinski definition) is 3. The monoisotopic (exact) mass is 334 g/mol. The van der Waals surface area contributed by atoms with Crippen molar-refractivity contribution in [1.82, 2.24) is 5.16 Å². The maximum atomic E-state index is 6.10. The SMILES string of the molecule is CCC1(c2onc(N)c2-c2ccccc2Br)CCCC1. The molecule has 0 spiro atoms. The van der Waals surface area contributed by atoms with Crippen LogP contribution in [0.3, 0.4) is 0 Å². The summed E-state index contributed by atoms with van der Waals surface area (Å²) in [5, 5.41) is 4.05. The zero-order valence-corrected chi connectivity index (χ0v) is 13.2. The molecule has 0 aliphatic heterocycles. The summed E-state index contributed by atoms with van der Waals surface area (Å²) in [6.45, 7) is 2.23. The molecule has 20 heavy (non-hydrogen) atoms. The molecule has 1 aliphatic rings. The summed E-state index contributed by atoms with van der Waals surface area (Å²) in [6.07, 6.45) is 5.90. The van der Waals surface area contributed by atoms with Crippen LogP contribution in [0.2, 0.25) is 0 Å². The van der Waals surface area contributed by atoms with E-state index < -0.39 is 0 Å². The molecule has 0 unspecified atom stereocenters. The Labute approximate surface area is 127 Å². The Hall–Kier alpha value is -1.29. The third kappa shape index (κ3) is 2.06. The summed E-state index contributed by atoms with van der Waals surface area (Å²) in [7, 11) is 0. The van der Waals surface area contributed by atoms with Gasteiger partial charge in [0.2, 0.25) is 0 Å². The maximum Gasteiger partial charge on any atom is 0.175 e. The van der Waals surface area contributed by atoms with Crippen LogP contribution in [-0.2, 0) is 5.41 Å². The van der Waals surface area contributed by atoms with Crippen molar-refractivity contribution >= 4 is 21.7 Å². The van der Waals surface area contributed by atoms with Gasteiger partial charge in [-0.15, -0.1) is 0 Å². The number of halogens is 1. The van der Waals surface area contributed by atoms with E-state index >= 15 is 0 Å². The number of nitrogens with two attached hydrogens (primary N) is 1. The fourth-order valence-corrected chi connectivity index (χ4v) is 3.86. The van der Waals surface area contributed by atoms with Gasteiger partial charge in [-0.05, 0) is 25.3 Å². The first kappa shape index (κ1) is 13.7. The molecule has 2 aromatic rings. The molecule has 1 aromatic heterocycles. The van der Waals surface area contributed by atoms with Gasteiger partial charge in [0, 0.05) is 15.5 Å². The molecule has 0 bridgehead atoms. The maximum absolute atomic E-state index is 6.10. The molecular formula is C16H19BrN2O. The van der Waals surface area contributed by atoms with Crippen LogP contribution in [0.4, 0.5) is 5.82 Å². The minimum Gasteiger partial charge on any atom is -0.380 e. The van der Waals surface area contributed by atoms with Crippen LogP contribution in [-0.4, -0.2) is 5.16 Å². The predicted octanol–water partition coefficient (Wildman–Crippen LogP) is 4.91. The quantitative estimate of drug-likeness (QED) is 0.867. The molecule has 0 saturated heterocycles. The average Bonchev–Trinajstić information content (AvgIpc) is 3.07. The topological polar surface area (TPSA) is 52.0 Å². The Balaban J connectivity index is 2.18. The van der Waals surface area contributed by atoms with Gasteiger partial charge in [-0.2, -0.15) is 0 Å². The second kappa shape index (κ2) is 5.24. The zero-order valence-electron chi connectivity index (χ0n) is 11.7. The minimum atomic E-state index is 0.106. The summed E-state index contributed by atoms with van der Waals surface area (Å²) in [5.74, 6) is 1.47. The summed E-state index contributed by atoms with van der Waals surface area (Å²) in [5.41, 5.74) is 8.25. The lowest BCUT2D eigenvalue weighted by atomic mass is 9.78. The highest BCUT2D eigenvalue weighted by Crippen LogP contribution is 2.49. The van der Waals surface area contributed by atoms with Gasteiger partial charge in [-0.25, -0.2) is 0 Å². The van der Waals surface area contributed by atoms with E-state index in [-0.39, 0.29) is 5.41 Å². The van der Waals surface area contributed by atoms with Crippen molar-refractivity contribution in [2.45, 2.75) is 44.4 Å². The zero-order chi connectivity index (χ0) is 14.2. The van der Waals surface area contributed by atoms with Crippen molar-refractivity contribution in [3.63, 3.8) is 0 Å². The van der Waals surface area contributed by atoms with E-state index in [1.165, 1.54) is 12.8 Å². The van der Waals surface area contributed by atoms with Gasteiger partial charge < -0.3 is 10.3 Å². The van der Waals surface area contributed by atoms with Crippen LogP contribution in [0.15, 0.2) is 33.3 Å². The first-order valence-electron chi connectivity index (χ1n) is 7.18. The van der Waals surface area contributed by atoms with E-state index in [1.807, 2.05) is 18.2 Å². The molecule has 1 saturated carbocycles. The number of benzene rings is 1. The number of rotatable bonds is 3. The molecule has 3 rings (SSSR count). The Kier molecular flexibility index (Phi) is 3.59. The average molecular weight is 335 g/mol. The van der Waals surface area contributed by atoms with Crippen molar-refractivity contribution in [1.29, 1.82) is 0 Å². The molecule has 3 nitrogen and oxygen atoms in total. The van der Waals surface area contributed by atoms with Gasteiger partial charge >= 0.3 is 0 Å². The van der Waals surface area contributed by atoms with E-state index in [0.29, 0.717) is 5.82 Å². The fraction of sp³-hybridized carbons (Fsp3) is 0.438. The van der Waals surface area contributed by atoms with E-state index in [0.717, 1.165) is 40.6 Å². The minimum absolute atomic E-state index is 0.106. The van der Waals surface area contributed by atoms with Crippen LogP contribution in [0.25, 0.3) is 11.1 Å². The van der Waals surface area contributed by atoms with Gasteiger partial charge in [0.25, 0.3) is 0 Å². The molecule has 1 aliphatic carbocycles. The number of anilines is 1. The molecule has 4 heteroatoms. The van der Waals surface area contributed by atoms with Gasteiger partial charge in [0.15, 0.2) is 11.6 Å². The number of nitrogens with zero attached hydrogens (tertiary/aromatic N) is 1.